The minimum atomic E-state index is -0.944. The van der Waals surface area contributed by atoms with Crippen LogP contribution in [-0.4, -0.2) is 51.3 Å². The van der Waals surface area contributed by atoms with Crippen molar-refractivity contribution >= 4 is 17.7 Å². The molecule has 190 valence electrons. The van der Waals surface area contributed by atoms with Gasteiger partial charge in [-0.15, -0.1) is 0 Å². The van der Waals surface area contributed by atoms with Gasteiger partial charge in [-0.25, -0.2) is 4.79 Å². The third-order valence-corrected chi connectivity index (χ3v) is 6.30. The van der Waals surface area contributed by atoms with Gasteiger partial charge in [0.1, 0.15) is 18.3 Å². The van der Waals surface area contributed by atoms with E-state index in [1.165, 1.54) is 7.11 Å². The van der Waals surface area contributed by atoms with Crippen molar-refractivity contribution < 1.29 is 33.3 Å². The van der Waals surface area contributed by atoms with E-state index in [1.807, 2.05) is 45.0 Å². The first-order chi connectivity index (χ1) is 16.8. The molecule has 1 N–H and O–H groups in total. The Morgan fingerprint density at radius 1 is 1.11 bits per heavy atom. The fourth-order valence-corrected chi connectivity index (χ4v) is 4.79. The monoisotopic (exact) mass is 485 g/mol. The van der Waals surface area contributed by atoms with Gasteiger partial charge in [0.25, 0.3) is 0 Å². The van der Waals surface area contributed by atoms with Crippen LogP contribution in [0.15, 0.2) is 46.8 Å². The number of ketones is 1. The average Bonchev–Trinajstić information content (AvgIpc) is 2.83. The fraction of sp³-hybridized carbons (Fsp3) is 0.519. The third-order valence-electron chi connectivity index (χ3n) is 6.30. The molecule has 0 saturated carbocycles. The van der Waals surface area contributed by atoms with Crippen molar-refractivity contribution in [2.45, 2.75) is 46.5 Å². The maximum Gasteiger partial charge on any atom is 0.336 e. The quantitative estimate of drug-likeness (QED) is 0.304. The molecule has 0 spiro atoms. The Morgan fingerprint density at radius 2 is 1.86 bits per heavy atom. The molecule has 0 bridgehead atoms. The lowest BCUT2D eigenvalue weighted by molar-refractivity contribution is -0.151. The van der Waals surface area contributed by atoms with Crippen molar-refractivity contribution in [2.24, 2.45) is 11.8 Å². The summed E-state index contributed by atoms with van der Waals surface area (Å²) in [5.41, 5.74) is 2.68. The first kappa shape index (κ1) is 26.5. The van der Waals surface area contributed by atoms with Crippen LogP contribution in [0.25, 0.3) is 0 Å². The largest absolute Gasteiger partial charge is 0.494 e. The van der Waals surface area contributed by atoms with Crippen LogP contribution in [0.3, 0.4) is 0 Å². The normalized spacial score (nSPS) is 21.9. The molecule has 0 amide bonds. The van der Waals surface area contributed by atoms with Gasteiger partial charge in [0.05, 0.1) is 31.8 Å². The van der Waals surface area contributed by atoms with Crippen molar-refractivity contribution in [1.29, 1.82) is 0 Å². The number of hydrogen-bond donors (Lipinski definition) is 1. The summed E-state index contributed by atoms with van der Waals surface area (Å²) in [7, 11) is 1.28. The Bertz CT molecular complexity index is 1030. The van der Waals surface area contributed by atoms with Crippen molar-refractivity contribution in [3.63, 3.8) is 0 Å². The molecule has 1 aliphatic heterocycles. The predicted octanol–water partition coefficient (Wildman–Crippen LogP) is 3.67. The topological polar surface area (TPSA) is 100 Å². The zero-order chi connectivity index (χ0) is 25.5. The van der Waals surface area contributed by atoms with Gasteiger partial charge in [0.2, 0.25) is 0 Å². The van der Waals surface area contributed by atoms with E-state index in [9.17, 15) is 14.4 Å². The number of benzene rings is 1. The highest BCUT2D eigenvalue weighted by Crippen LogP contribution is 2.47. The van der Waals surface area contributed by atoms with Gasteiger partial charge in [-0.05, 0) is 38.7 Å². The van der Waals surface area contributed by atoms with Crippen LogP contribution in [0, 0.1) is 11.8 Å². The molecule has 35 heavy (non-hydrogen) atoms. The van der Waals surface area contributed by atoms with Crippen LogP contribution in [0.2, 0.25) is 0 Å². The molecule has 0 radical (unpaired) electrons. The lowest BCUT2D eigenvalue weighted by atomic mass is 9.69. The summed E-state index contributed by atoms with van der Waals surface area (Å²) in [6.45, 7) is 8.91. The minimum Gasteiger partial charge on any atom is -0.494 e. The van der Waals surface area contributed by atoms with Gasteiger partial charge in [0.15, 0.2) is 5.78 Å². The highest BCUT2D eigenvalue weighted by atomic mass is 16.6. The standard InChI is InChI=1S/C27H35NO7/c1-6-12-33-13-14-35-27(31)22-17(4)28-19-15-16(3)21(26(30)32-5)25(29)24(19)23(22)18-10-8-9-11-20(18)34-7-2/h8-11,16,21,23,28H,6-7,12-15H2,1-5H3/t16-,21-,23+/m1/s1. The molecule has 0 fully saturated rings. The van der Waals surface area contributed by atoms with E-state index in [4.69, 9.17) is 18.9 Å². The number of carbonyl (C=O) groups excluding carboxylic acids is 3. The van der Waals surface area contributed by atoms with Crippen LogP contribution in [0.1, 0.15) is 52.0 Å². The number of ether oxygens (including phenoxy) is 4. The first-order valence-electron chi connectivity index (χ1n) is 12.1. The molecule has 3 rings (SSSR count). The number of esters is 2. The molecule has 0 saturated heterocycles. The second-order valence-electron chi connectivity index (χ2n) is 8.75. The van der Waals surface area contributed by atoms with E-state index in [0.717, 1.165) is 6.42 Å². The average molecular weight is 486 g/mol. The molecule has 3 atom stereocenters. The molecular formula is C27H35NO7. The van der Waals surface area contributed by atoms with Gasteiger partial charge in [-0.2, -0.15) is 0 Å². The summed E-state index contributed by atoms with van der Waals surface area (Å²) in [5.74, 6) is -2.84. The molecule has 1 heterocycles. The van der Waals surface area contributed by atoms with E-state index in [-0.39, 0.29) is 24.9 Å². The predicted molar refractivity (Wildman–Crippen MR) is 130 cm³/mol. The first-order valence-corrected chi connectivity index (χ1v) is 12.1. The van der Waals surface area contributed by atoms with Gasteiger partial charge in [-0.1, -0.05) is 32.0 Å². The Balaban J connectivity index is 2.08. The van der Waals surface area contributed by atoms with Crippen LogP contribution in [-0.2, 0) is 28.6 Å². The highest BCUT2D eigenvalue weighted by Gasteiger charge is 2.47. The van der Waals surface area contributed by atoms with Crippen LogP contribution < -0.4 is 10.1 Å². The number of methoxy groups -OCH3 is 1. The summed E-state index contributed by atoms with van der Waals surface area (Å²) in [4.78, 5) is 39.7. The number of dihydropyridines is 1. The summed E-state index contributed by atoms with van der Waals surface area (Å²) in [5, 5.41) is 3.26. The Hall–Kier alpha value is -3.13. The summed E-state index contributed by atoms with van der Waals surface area (Å²) in [6, 6.07) is 7.33. The SMILES string of the molecule is CCCOCCOC(=O)C1=C(C)NC2=C(C(=O)[C@H](C(=O)OC)[C@H](C)C2)[C@H]1c1ccccc1OCC. The third kappa shape index (κ3) is 5.59. The molecule has 0 unspecified atom stereocenters. The lowest BCUT2D eigenvalue weighted by Gasteiger charge is -2.38. The van der Waals surface area contributed by atoms with Crippen LogP contribution in [0.5, 0.6) is 5.75 Å². The number of nitrogens with one attached hydrogen (secondary N) is 1. The minimum absolute atomic E-state index is 0.0944. The van der Waals surface area contributed by atoms with Crippen molar-refractivity contribution in [2.75, 3.05) is 33.5 Å². The molecule has 1 aromatic rings. The maximum atomic E-state index is 13.8. The van der Waals surface area contributed by atoms with Crippen LogP contribution >= 0.6 is 0 Å². The zero-order valence-corrected chi connectivity index (χ0v) is 21.1. The molecule has 1 aromatic carbocycles. The number of rotatable bonds is 10. The van der Waals surface area contributed by atoms with Crippen molar-refractivity contribution in [3.05, 3.63) is 52.4 Å². The number of Topliss-reactive ketones (excluding diaryl/α,β-unsaturated/α-hetero) is 1. The van der Waals surface area contributed by atoms with Gasteiger partial charge in [0, 0.05) is 29.1 Å². The van der Waals surface area contributed by atoms with Gasteiger partial charge < -0.3 is 24.3 Å². The highest BCUT2D eigenvalue weighted by molar-refractivity contribution is 6.12. The summed E-state index contributed by atoms with van der Waals surface area (Å²) in [6.07, 6.45) is 1.34. The summed E-state index contributed by atoms with van der Waals surface area (Å²) < 4.78 is 21.8. The molecule has 2 aliphatic rings. The van der Waals surface area contributed by atoms with E-state index in [1.54, 1.807) is 6.92 Å². The van der Waals surface area contributed by atoms with E-state index in [0.29, 0.717) is 53.5 Å². The van der Waals surface area contributed by atoms with Crippen molar-refractivity contribution in [3.8, 4) is 5.75 Å². The second-order valence-corrected chi connectivity index (χ2v) is 8.75. The summed E-state index contributed by atoms with van der Waals surface area (Å²) >= 11 is 0. The molecule has 8 heteroatoms. The lowest BCUT2D eigenvalue weighted by Crippen LogP contribution is -2.43. The number of allylic oxidation sites excluding steroid dienone is 3. The van der Waals surface area contributed by atoms with Gasteiger partial charge in [-0.3, -0.25) is 9.59 Å². The maximum absolute atomic E-state index is 13.8. The Kier molecular flexibility index (Phi) is 9.09. The van der Waals surface area contributed by atoms with E-state index >= 15 is 0 Å². The second kappa shape index (κ2) is 12.0. The molecule has 0 aromatic heterocycles. The molecule has 8 nitrogen and oxygen atoms in total. The Labute approximate surface area is 206 Å². The molecular weight excluding hydrogens is 450 g/mol. The smallest absolute Gasteiger partial charge is 0.336 e. The fourth-order valence-electron chi connectivity index (χ4n) is 4.79. The van der Waals surface area contributed by atoms with Crippen molar-refractivity contribution in [1.82, 2.24) is 5.32 Å². The number of carbonyl (C=O) groups is 3. The number of hydrogen-bond acceptors (Lipinski definition) is 8. The van der Waals surface area contributed by atoms with Crippen LogP contribution in [0.4, 0.5) is 0 Å². The van der Waals surface area contributed by atoms with E-state index in [2.05, 4.69) is 5.32 Å². The van der Waals surface area contributed by atoms with Gasteiger partial charge >= 0.3 is 11.9 Å². The zero-order valence-electron chi connectivity index (χ0n) is 21.1. The number of para-hydroxylation sites is 1. The van der Waals surface area contributed by atoms with E-state index < -0.39 is 23.8 Å². The molecule has 1 aliphatic carbocycles. The Morgan fingerprint density at radius 3 is 2.54 bits per heavy atom.